The first-order valence-electron chi connectivity index (χ1n) is 9.48. The first kappa shape index (κ1) is 19.3. The topological polar surface area (TPSA) is 98.5 Å². The van der Waals surface area contributed by atoms with Crippen molar-refractivity contribution in [1.82, 2.24) is 13.9 Å². The van der Waals surface area contributed by atoms with Crippen LogP contribution in [0.4, 0.5) is 0 Å². The molecule has 156 valence electrons. The number of hydrogen-bond donors (Lipinski definition) is 0. The number of hydrogen-bond acceptors (Lipinski definition) is 6. The van der Waals surface area contributed by atoms with Crippen molar-refractivity contribution in [3.8, 4) is 0 Å². The van der Waals surface area contributed by atoms with Crippen LogP contribution < -0.4 is 5.76 Å². The number of piperidine rings is 1. The number of oxazole rings is 2. The smallest absolute Gasteiger partial charge is 0.419 e. The normalized spacial score (nSPS) is 16.6. The molecule has 8 nitrogen and oxygen atoms in total. The quantitative estimate of drug-likeness (QED) is 0.476. The third-order valence-corrected chi connectivity index (χ3v) is 7.70. The van der Waals surface area contributed by atoms with E-state index in [2.05, 4.69) is 4.98 Å². The molecule has 5 rings (SSSR count). The van der Waals surface area contributed by atoms with Gasteiger partial charge in [-0.1, -0.05) is 11.6 Å². The fourth-order valence-electron chi connectivity index (χ4n) is 3.86. The molecule has 30 heavy (non-hydrogen) atoms. The zero-order chi connectivity index (χ0) is 21.0. The summed E-state index contributed by atoms with van der Waals surface area (Å²) >= 11 is 6.01. The largest absolute Gasteiger partial charge is 0.440 e. The van der Waals surface area contributed by atoms with Gasteiger partial charge >= 0.3 is 5.76 Å². The average molecular weight is 448 g/mol. The number of nitrogens with zero attached hydrogens (tertiary/aromatic N) is 3. The lowest BCUT2D eigenvalue weighted by Gasteiger charge is -2.29. The lowest BCUT2D eigenvalue weighted by molar-refractivity contribution is 0.293. The Morgan fingerprint density at radius 3 is 2.60 bits per heavy atom. The molecule has 10 heteroatoms. The fraction of sp³-hybridized carbons (Fsp3) is 0.300. The molecule has 0 saturated carbocycles. The highest BCUT2D eigenvalue weighted by molar-refractivity contribution is 7.89. The third-order valence-electron chi connectivity index (χ3n) is 5.57. The predicted octanol–water partition coefficient (Wildman–Crippen LogP) is 3.49. The minimum atomic E-state index is -3.70. The Labute approximate surface area is 176 Å². The summed E-state index contributed by atoms with van der Waals surface area (Å²) < 4.78 is 39.9. The zero-order valence-electron chi connectivity index (χ0n) is 16.0. The maximum absolute atomic E-state index is 13.1. The summed E-state index contributed by atoms with van der Waals surface area (Å²) in [6.45, 7) is 0.701. The van der Waals surface area contributed by atoms with E-state index in [-0.39, 0.29) is 16.4 Å². The number of aromatic nitrogens is 2. The molecule has 3 heterocycles. The molecule has 2 aromatic heterocycles. The minimum Gasteiger partial charge on any atom is -0.440 e. The maximum Gasteiger partial charge on any atom is 0.419 e. The van der Waals surface area contributed by atoms with Crippen LogP contribution in [-0.2, 0) is 17.1 Å². The van der Waals surface area contributed by atoms with Crippen LogP contribution in [0.1, 0.15) is 24.7 Å². The molecular weight excluding hydrogens is 430 g/mol. The van der Waals surface area contributed by atoms with Crippen molar-refractivity contribution in [2.75, 3.05) is 13.1 Å². The highest BCUT2D eigenvalue weighted by Crippen LogP contribution is 2.33. The van der Waals surface area contributed by atoms with Gasteiger partial charge in [-0.15, -0.1) is 0 Å². The second-order valence-corrected chi connectivity index (χ2v) is 9.77. The van der Waals surface area contributed by atoms with Crippen molar-refractivity contribution in [2.45, 2.75) is 23.7 Å². The molecule has 1 saturated heterocycles. The van der Waals surface area contributed by atoms with Crippen LogP contribution in [-0.4, -0.2) is 35.4 Å². The zero-order valence-corrected chi connectivity index (χ0v) is 17.6. The lowest BCUT2D eigenvalue weighted by Crippen LogP contribution is -2.37. The number of halogens is 1. The first-order valence-corrected chi connectivity index (χ1v) is 11.3. The molecular formula is C20H18ClN3O5S. The van der Waals surface area contributed by atoms with Crippen molar-refractivity contribution >= 4 is 43.8 Å². The van der Waals surface area contributed by atoms with Crippen molar-refractivity contribution in [2.24, 2.45) is 7.05 Å². The Kier molecular flexibility index (Phi) is 4.49. The fourth-order valence-corrected chi connectivity index (χ4v) is 5.51. The number of aryl methyl sites for hydroxylation is 1. The van der Waals surface area contributed by atoms with Crippen LogP contribution in [0.25, 0.3) is 22.2 Å². The van der Waals surface area contributed by atoms with E-state index in [1.165, 1.54) is 21.0 Å². The monoisotopic (exact) mass is 447 g/mol. The van der Waals surface area contributed by atoms with Gasteiger partial charge in [0.05, 0.1) is 10.4 Å². The van der Waals surface area contributed by atoms with Gasteiger partial charge < -0.3 is 8.83 Å². The number of benzene rings is 2. The summed E-state index contributed by atoms with van der Waals surface area (Å²) in [4.78, 5) is 16.3. The van der Waals surface area contributed by atoms with E-state index in [9.17, 15) is 13.2 Å². The van der Waals surface area contributed by atoms with Gasteiger partial charge in [0.2, 0.25) is 10.0 Å². The van der Waals surface area contributed by atoms with Gasteiger partial charge in [0.1, 0.15) is 5.52 Å². The van der Waals surface area contributed by atoms with Crippen molar-refractivity contribution in [3.63, 3.8) is 0 Å². The van der Waals surface area contributed by atoms with Crippen LogP contribution in [0.3, 0.4) is 0 Å². The molecule has 4 aromatic rings. The number of rotatable bonds is 3. The number of fused-ring (bicyclic) bond motifs is 2. The van der Waals surface area contributed by atoms with Gasteiger partial charge in [0.25, 0.3) is 0 Å². The summed E-state index contributed by atoms with van der Waals surface area (Å²) in [5, 5.41) is 0.592. The van der Waals surface area contributed by atoms with E-state index in [1.807, 2.05) is 0 Å². The Balaban J connectivity index is 1.36. The standard InChI is InChI=1S/C20H18ClN3O5S/c1-23-16-4-3-14(11-18(16)29-20(23)25)30(26,27)24-8-6-12(7-9-24)19-22-15-10-13(21)2-5-17(15)28-19/h2-5,10-12H,6-9H2,1H3. The van der Waals surface area contributed by atoms with Crippen LogP contribution >= 0.6 is 11.6 Å². The van der Waals surface area contributed by atoms with Crippen molar-refractivity contribution in [3.05, 3.63) is 57.9 Å². The summed E-state index contributed by atoms with van der Waals surface area (Å²) in [5.74, 6) is 0.119. The van der Waals surface area contributed by atoms with E-state index in [4.69, 9.17) is 20.4 Å². The number of sulfonamides is 1. The molecule has 2 aromatic carbocycles. The molecule has 0 atom stereocenters. The second-order valence-electron chi connectivity index (χ2n) is 7.40. The Bertz CT molecular complexity index is 1430. The molecule has 0 unspecified atom stereocenters. The van der Waals surface area contributed by atoms with Crippen molar-refractivity contribution < 1.29 is 17.3 Å². The van der Waals surface area contributed by atoms with Gasteiger partial charge in [-0.3, -0.25) is 4.57 Å². The van der Waals surface area contributed by atoms with E-state index in [0.29, 0.717) is 53.5 Å². The molecule has 1 aliphatic rings. The van der Waals surface area contributed by atoms with Crippen LogP contribution in [0.5, 0.6) is 0 Å². The van der Waals surface area contributed by atoms with E-state index in [0.717, 1.165) is 0 Å². The summed E-state index contributed by atoms with van der Waals surface area (Å²) in [5.41, 5.74) is 2.17. The lowest BCUT2D eigenvalue weighted by atomic mass is 9.98. The molecule has 0 N–H and O–H groups in total. The van der Waals surface area contributed by atoms with Gasteiger partial charge in [-0.05, 0) is 43.2 Å². The maximum atomic E-state index is 13.1. The van der Waals surface area contributed by atoms with Crippen LogP contribution in [0.15, 0.2) is 54.9 Å². The van der Waals surface area contributed by atoms with Gasteiger partial charge in [0, 0.05) is 37.1 Å². The Morgan fingerprint density at radius 1 is 1.07 bits per heavy atom. The van der Waals surface area contributed by atoms with E-state index >= 15 is 0 Å². The van der Waals surface area contributed by atoms with E-state index in [1.54, 1.807) is 31.3 Å². The van der Waals surface area contributed by atoms with E-state index < -0.39 is 15.8 Å². The summed E-state index contributed by atoms with van der Waals surface area (Å²) in [6, 6.07) is 9.78. The summed E-state index contributed by atoms with van der Waals surface area (Å²) in [7, 11) is -2.12. The Hall–Kier alpha value is -2.62. The highest BCUT2D eigenvalue weighted by Gasteiger charge is 2.32. The molecule has 0 bridgehead atoms. The SMILES string of the molecule is Cn1c(=O)oc2cc(S(=O)(=O)N3CCC(c4nc5cc(Cl)ccc5o4)CC3)ccc21. The Morgan fingerprint density at radius 2 is 1.83 bits per heavy atom. The molecule has 1 fully saturated rings. The first-order chi connectivity index (χ1) is 14.3. The van der Waals surface area contributed by atoms with Gasteiger partial charge in [-0.2, -0.15) is 4.31 Å². The highest BCUT2D eigenvalue weighted by atomic mass is 35.5. The predicted molar refractivity (Wildman–Crippen MR) is 111 cm³/mol. The van der Waals surface area contributed by atoms with Crippen LogP contribution in [0, 0.1) is 0 Å². The molecule has 1 aliphatic heterocycles. The second kappa shape index (κ2) is 6.97. The van der Waals surface area contributed by atoms with Crippen LogP contribution in [0.2, 0.25) is 5.02 Å². The molecule has 0 spiro atoms. The average Bonchev–Trinajstić information content (AvgIpc) is 3.28. The van der Waals surface area contributed by atoms with Gasteiger partial charge in [0.15, 0.2) is 17.1 Å². The molecule has 0 radical (unpaired) electrons. The molecule has 0 aliphatic carbocycles. The van der Waals surface area contributed by atoms with Crippen molar-refractivity contribution in [1.29, 1.82) is 0 Å². The minimum absolute atomic E-state index is 0.0391. The van der Waals surface area contributed by atoms with Gasteiger partial charge in [-0.25, -0.2) is 18.2 Å². The third kappa shape index (κ3) is 3.13. The summed E-state index contributed by atoms with van der Waals surface area (Å²) in [6.07, 6.45) is 1.20. The molecule has 0 amide bonds.